The lowest BCUT2D eigenvalue weighted by molar-refractivity contribution is -0.384. The summed E-state index contributed by atoms with van der Waals surface area (Å²) in [6.07, 6.45) is 1.26. The van der Waals surface area contributed by atoms with Crippen LogP contribution in [0.25, 0.3) is 6.08 Å². The van der Waals surface area contributed by atoms with Crippen LogP contribution in [0.5, 0.6) is 0 Å². The molecule has 5 nitrogen and oxygen atoms in total. The topological polar surface area (TPSA) is 77.3 Å². The van der Waals surface area contributed by atoms with E-state index in [4.69, 9.17) is 0 Å². The van der Waals surface area contributed by atoms with Gasteiger partial charge in [0.05, 0.1) is 9.82 Å². The molecule has 2 rings (SSSR count). The molecule has 2 aromatic rings. The van der Waals surface area contributed by atoms with Gasteiger partial charge in [-0.1, -0.05) is 12.1 Å². The van der Waals surface area contributed by atoms with Gasteiger partial charge in [-0.3, -0.25) is 10.1 Å². The summed E-state index contributed by atoms with van der Waals surface area (Å²) < 4.78 is 37.0. The number of non-ortho nitro benzene ring substituents is 1. The molecule has 0 aliphatic carbocycles. The Bertz CT molecular complexity index is 798. The lowest BCUT2D eigenvalue weighted by Crippen LogP contribution is -1.96. The second-order valence-corrected chi connectivity index (χ2v) is 5.99. The fourth-order valence-corrected chi connectivity index (χ4v) is 2.62. The first-order valence-corrected chi connectivity index (χ1v) is 7.36. The van der Waals surface area contributed by atoms with Gasteiger partial charge in [0.15, 0.2) is 9.84 Å². The van der Waals surface area contributed by atoms with Crippen molar-refractivity contribution in [1.29, 1.82) is 0 Å². The minimum Gasteiger partial charge on any atom is -0.258 e. The van der Waals surface area contributed by atoms with E-state index >= 15 is 0 Å². The Kier molecular flexibility index (Phi) is 4.13. The van der Waals surface area contributed by atoms with E-state index in [2.05, 4.69) is 0 Å². The highest BCUT2D eigenvalue weighted by molar-refractivity contribution is 7.94. The molecule has 0 unspecified atom stereocenters. The van der Waals surface area contributed by atoms with Crippen LogP contribution in [0, 0.1) is 15.9 Å². The molecule has 0 bridgehead atoms. The van der Waals surface area contributed by atoms with Crippen molar-refractivity contribution >= 4 is 21.6 Å². The number of halogens is 1. The Morgan fingerprint density at radius 1 is 1.10 bits per heavy atom. The summed E-state index contributed by atoms with van der Waals surface area (Å²) in [7, 11) is -3.74. The zero-order valence-electron chi connectivity index (χ0n) is 10.6. The molecule has 0 radical (unpaired) electrons. The molecule has 7 heteroatoms. The van der Waals surface area contributed by atoms with Crippen LogP contribution >= 0.6 is 0 Å². The van der Waals surface area contributed by atoms with Crippen molar-refractivity contribution in [3.63, 3.8) is 0 Å². The Balaban J connectivity index is 2.27. The highest BCUT2D eigenvalue weighted by Crippen LogP contribution is 2.18. The van der Waals surface area contributed by atoms with Crippen LogP contribution in [0.4, 0.5) is 10.1 Å². The molecule has 21 heavy (non-hydrogen) atoms. The second-order valence-electron chi connectivity index (χ2n) is 4.15. The fourth-order valence-electron chi connectivity index (χ4n) is 1.61. The maximum absolute atomic E-state index is 13.0. The summed E-state index contributed by atoms with van der Waals surface area (Å²) >= 11 is 0. The van der Waals surface area contributed by atoms with Gasteiger partial charge in [-0.05, 0) is 35.9 Å². The molecule has 0 aliphatic rings. The number of benzene rings is 2. The summed E-state index contributed by atoms with van der Waals surface area (Å²) in [5.74, 6) is -0.468. The maximum Gasteiger partial charge on any atom is 0.269 e. The molecule has 0 N–H and O–H groups in total. The van der Waals surface area contributed by atoms with Crippen molar-refractivity contribution in [3.05, 3.63) is 75.4 Å². The summed E-state index contributed by atoms with van der Waals surface area (Å²) in [4.78, 5) is 9.83. The first kappa shape index (κ1) is 14.9. The van der Waals surface area contributed by atoms with Gasteiger partial charge in [0, 0.05) is 17.5 Å². The Labute approximate surface area is 120 Å². The van der Waals surface area contributed by atoms with Gasteiger partial charge in [0.2, 0.25) is 0 Å². The average molecular weight is 307 g/mol. The average Bonchev–Trinajstić information content (AvgIpc) is 2.45. The van der Waals surface area contributed by atoms with Crippen LogP contribution in [0.1, 0.15) is 5.56 Å². The highest BCUT2D eigenvalue weighted by atomic mass is 32.2. The second kappa shape index (κ2) is 5.84. The molecular formula is C14H10FNO4S. The lowest BCUT2D eigenvalue weighted by Gasteiger charge is -1.99. The third-order valence-electron chi connectivity index (χ3n) is 2.66. The number of hydrogen-bond donors (Lipinski definition) is 0. The van der Waals surface area contributed by atoms with Gasteiger partial charge in [-0.2, -0.15) is 0 Å². The number of sulfone groups is 1. The summed E-state index contributed by atoms with van der Waals surface area (Å²) in [6, 6.07) is 10.0. The number of rotatable bonds is 4. The third kappa shape index (κ3) is 3.73. The highest BCUT2D eigenvalue weighted by Gasteiger charge is 2.12. The quantitative estimate of drug-likeness (QED) is 0.642. The maximum atomic E-state index is 13.0. The minimum atomic E-state index is -3.74. The lowest BCUT2D eigenvalue weighted by atomic mass is 10.2. The zero-order valence-corrected chi connectivity index (χ0v) is 11.5. The summed E-state index contributed by atoms with van der Waals surface area (Å²) in [5, 5.41) is 11.4. The van der Waals surface area contributed by atoms with Gasteiger partial charge >= 0.3 is 0 Å². The van der Waals surface area contributed by atoms with E-state index in [1.165, 1.54) is 24.3 Å². The zero-order chi connectivity index (χ0) is 15.5. The predicted molar refractivity (Wildman–Crippen MR) is 75.7 cm³/mol. The number of nitro groups is 1. The number of nitro benzene ring substituents is 1. The molecule has 0 atom stereocenters. The minimum absolute atomic E-state index is 0.0687. The molecule has 0 amide bonds. The van der Waals surface area contributed by atoms with E-state index in [-0.39, 0.29) is 10.6 Å². The van der Waals surface area contributed by atoms with E-state index in [1.807, 2.05) is 0 Å². The first-order chi connectivity index (χ1) is 9.88. The van der Waals surface area contributed by atoms with E-state index in [0.29, 0.717) is 5.56 Å². The van der Waals surface area contributed by atoms with Crippen molar-refractivity contribution < 1.29 is 17.7 Å². The van der Waals surface area contributed by atoms with Gasteiger partial charge < -0.3 is 0 Å². The molecule has 0 spiro atoms. The van der Waals surface area contributed by atoms with Crippen LogP contribution < -0.4 is 0 Å². The van der Waals surface area contributed by atoms with Crippen molar-refractivity contribution in [2.45, 2.75) is 4.90 Å². The largest absolute Gasteiger partial charge is 0.269 e. The SMILES string of the molecule is O=[N+]([O-])c1ccc(S(=O)(=O)C=Cc2cccc(F)c2)cc1. The van der Waals surface area contributed by atoms with Crippen LogP contribution in [-0.4, -0.2) is 13.3 Å². The fraction of sp³-hybridized carbons (Fsp3) is 0. The molecule has 0 aromatic heterocycles. The van der Waals surface area contributed by atoms with E-state index < -0.39 is 20.6 Å². The normalized spacial score (nSPS) is 11.7. The van der Waals surface area contributed by atoms with E-state index in [0.717, 1.165) is 29.7 Å². The Hall–Kier alpha value is -2.54. The molecule has 0 saturated carbocycles. The number of hydrogen-bond acceptors (Lipinski definition) is 4. The van der Waals surface area contributed by atoms with Gasteiger partial charge in [-0.15, -0.1) is 0 Å². The Morgan fingerprint density at radius 2 is 1.76 bits per heavy atom. The molecule has 0 aliphatic heterocycles. The van der Waals surface area contributed by atoms with Gasteiger partial charge in [0.25, 0.3) is 5.69 Å². The number of nitrogens with zero attached hydrogens (tertiary/aromatic N) is 1. The first-order valence-electron chi connectivity index (χ1n) is 5.82. The molecule has 0 fully saturated rings. The van der Waals surface area contributed by atoms with E-state index in [1.54, 1.807) is 6.07 Å². The van der Waals surface area contributed by atoms with Crippen LogP contribution in [-0.2, 0) is 9.84 Å². The summed E-state index contributed by atoms with van der Waals surface area (Å²) in [6.45, 7) is 0. The van der Waals surface area contributed by atoms with Gasteiger partial charge in [0.1, 0.15) is 5.82 Å². The smallest absolute Gasteiger partial charge is 0.258 e. The molecule has 0 heterocycles. The Morgan fingerprint density at radius 3 is 2.33 bits per heavy atom. The molecule has 108 valence electrons. The van der Waals surface area contributed by atoms with Gasteiger partial charge in [-0.25, -0.2) is 12.8 Å². The van der Waals surface area contributed by atoms with Crippen molar-refractivity contribution in [3.8, 4) is 0 Å². The van der Waals surface area contributed by atoms with Crippen LogP contribution in [0.2, 0.25) is 0 Å². The molecule has 0 saturated heterocycles. The standard InChI is InChI=1S/C14H10FNO4S/c15-12-3-1-2-11(10-12)8-9-21(19,20)14-6-4-13(5-7-14)16(17)18/h1-10H. The predicted octanol–water partition coefficient (Wildman–Crippen LogP) is 3.18. The van der Waals surface area contributed by atoms with Crippen LogP contribution in [0.3, 0.4) is 0 Å². The molecule has 2 aromatic carbocycles. The summed E-state index contributed by atoms with van der Waals surface area (Å²) in [5.41, 5.74) is 0.212. The third-order valence-corrected chi connectivity index (χ3v) is 4.09. The van der Waals surface area contributed by atoms with Crippen LogP contribution in [0.15, 0.2) is 58.8 Å². The van der Waals surface area contributed by atoms with Crippen molar-refractivity contribution in [2.24, 2.45) is 0 Å². The van der Waals surface area contributed by atoms with E-state index in [9.17, 15) is 22.9 Å². The monoisotopic (exact) mass is 307 g/mol. The van der Waals surface area contributed by atoms with Crippen molar-refractivity contribution in [1.82, 2.24) is 0 Å². The molecular weight excluding hydrogens is 297 g/mol. The van der Waals surface area contributed by atoms with Crippen molar-refractivity contribution in [2.75, 3.05) is 0 Å².